The average molecular weight is 392 g/mol. The van der Waals surface area contributed by atoms with Gasteiger partial charge in [0.25, 0.3) is 0 Å². The number of ether oxygens (including phenoxy) is 2. The summed E-state index contributed by atoms with van der Waals surface area (Å²) in [6.45, 7) is 5.54. The molecule has 146 valence electrons. The number of carbonyl (C=O) groups excluding carboxylic acids is 2. The van der Waals surface area contributed by atoms with E-state index in [1.807, 2.05) is 24.3 Å². The molecule has 9 heteroatoms. The summed E-state index contributed by atoms with van der Waals surface area (Å²) in [6.07, 6.45) is -0.852. The molecule has 27 heavy (non-hydrogen) atoms. The first-order chi connectivity index (χ1) is 13.0. The Morgan fingerprint density at radius 2 is 1.85 bits per heavy atom. The zero-order chi connectivity index (χ0) is 19.4. The number of cyclic esters (lactones) is 1. The Labute approximate surface area is 164 Å². The van der Waals surface area contributed by atoms with E-state index < -0.39 is 0 Å². The standard InChI is InChI=1S/C18H24N4O4S/c1-13(27)19-11-16-12-22(18(24)26-16)15-5-3-14(4-6-15)20-7-9-21(10-8-20)17(23)25-2/h3-6,16H,7-12H2,1-2H3,(H,19,27). The van der Waals surface area contributed by atoms with Gasteiger partial charge < -0.3 is 24.6 Å². The molecule has 1 aromatic carbocycles. The predicted octanol–water partition coefficient (Wildman–Crippen LogP) is 1.84. The third-order valence-corrected chi connectivity index (χ3v) is 4.84. The second-order valence-electron chi connectivity index (χ2n) is 6.51. The van der Waals surface area contributed by atoms with Crippen molar-refractivity contribution < 1.29 is 19.1 Å². The Morgan fingerprint density at radius 1 is 1.22 bits per heavy atom. The number of methoxy groups -OCH3 is 1. The summed E-state index contributed by atoms with van der Waals surface area (Å²) in [4.78, 5) is 29.9. The second kappa shape index (κ2) is 8.43. The van der Waals surface area contributed by atoms with E-state index in [2.05, 4.69) is 10.2 Å². The molecule has 1 N–H and O–H groups in total. The molecule has 0 radical (unpaired) electrons. The molecule has 0 bridgehead atoms. The highest BCUT2D eigenvalue weighted by atomic mass is 32.1. The van der Waals surface area contributed by atoms with Crippen LogP contribution in [-0.4, -0.2) is 74.6 Å². The Morgan fingerprint density at radius 3 is 2.44 bits per heavy atom. The maximum absolute atomic E-state index is 12.1. The van der Waals surface area contributed by atoms with Crippen molar-refractivity contribution in [2.45, 2.75) is 13.0 Å². The van der Waals surface area contributed by atoms with Crippen LogP contribution >= 0.6 is 12.2 Å². The molecular weight excluding hydrogens is 368 g/mol. The van der Waals surface area contributed by atoms with E-state index in [1.165, 1.54) is 7.11 Å². The monoisotopic (exact) mass is 392 g/mol. The number of hydrogen-bond donors (Lipinski definition) is 1. The van der Waals surface area contributed by atoms with Crippen LogP contribution in [0, 0.1) is 0 Å². The third kappa shape index (κ3) is 4.60. The summed E-state index contributed by atoms with van der Waals surface area (Å²) in [5, 5.41) is 3.03. The smallest absolute Gasteiger partial charge is 0.414 e. The van der Waals surface area contributed by atoms with Crippen molar-refractivity contribution in [2.75, 3.05) is 56.2 Å². The van der Waals surface area contributed by atoms with Crippen molar-refractivity contribution in [2.24, 2.45) is 0 Å². The van der Waals surface area contributed by atoms with Crippen LogP contribution in [-0.2, 0) is 9.47 Å². The highest BCUT2D eigenvalue weighted by Crippen LogP contribution is 2.25. The lowest BCUT2D eigenvalue weighted by atomic mass is 10.2. The van der Waals surface area contributed by atoms with E-state index in [0.29, 0.717) is 31.2 Å². The number of nitrogens with one attached hydrogen (secondary N) is 1. The molecule has 2 heterocycles. The van der Waals surface area contributed by atoms with Crippen molar-refractivity contribution in [3.8, 4) is 0 Å². The van der Waals surface area contributed by atoms with Gasteiger partial charge in [0, 0.05) is 37.6 Å². The Hall–Kier alpha value is -2.55. The number of thiocarbonyl (C=S) groups is 1. The highest BCUT2D eigenvalue weighted by Gasteiger charge is 2.32. The van der Waals surface area contributed by atoms with Gasteiger partial charge >= 0.3 is 12.2 Å². The molecule has 0 aromatic heterocycles. The summed E-state index contributed by atoms with van der Waals surface area (Å²) < 4.78 is 10.1. The molecule has 1 unspecified atom stereocenters. The fraction of sp³-hybridized carbons (Fsp3) is 0.500. The van der Waals surface area contributed by atoms with Crippen LogP contribution in [0.2, 0.25) is 0 Å². The lowest BCUT2D eigenvalue weighted by Gasteiger charge is -2.35. The Kier molecular flexibility index (Phi) is 6.00. The first-order valence-electron chi connectivity index (χ1n) is 8.88. The van der Waals surface area contributed by atoms with Gasteiger partial charge in [0.05, 0.1) is 25.2 Å². The van der Waals surface area contributed by atoms with Crippen LogP contribution in [0.3, 0.4) is 0 Å². The molecule has 1 aromatic rings. The van der Waals surface area contributed by atoms with Gasteiger partial charge in [0.1, 0.15) is 6.10 Å². The topological polar surface area (TPSA) is 74.3 Å². The van der Waals surface area contributed by atoms with Gasteiger partial charge in [-0.25, -0.2) is 9.59 Å². The maximum Gasteiger partial charge on any atom is 0.414 e. The van der Waals surface area contributed by atoms with Gasteiger partial charge in [-0.1, -0.05) is 12.2 Å². The predicted molar refractivity (Wildman–Crippen MR) is 107 cm³/mol. The molecule has 1 atom stereocenters. The van der Waals surface area contributed by atoms with Gasteiger partial charge in [0.2, 0.25) is 0 Å². The molecule has 2 amide bonds. The minimum Gasteiger partial charge on any atom is -0.453 e. The maximum atomic E-state index is 12.1. The van der Waals surface area contributed by atoms with E-state index in [-0.39, 0.29) is 18.3 Å². The fourth-order valence-electron chi connectivity index (χ4n) is 3.22. The van der Waals surface area contributed by atoms with Crippen LogP contribution in [0.4, 0.5) is 21.0 Å². The van der Waals surface area contributed by atoms with E-state index in [9.17, 15) is 9.59 Å². The second-order valence-corrected chi connectivity index (χ2v) is 7.13. The highest BCUT2D eigenvalue weighted by molar-refractivity contribution is 7.80. The third-order valence-electron chi connectivity index (χ3n) is 4.69. The lowest BCUT2D eigenvalue weighted by Crippen LogP contribution is -2.48. The minimum atomic E-state index is -0.344. The Bertz CT molecular complexity index is 704. The van der Waals surface area contributed by atoms with Crippen LogP contribution in [0.1, 0.15) is 6.92 Å². The number of hydrogen-bond acceptors (Lipinski definition) is 6. The van der Waals surface area contributed by atoms with E-state index in [4.69, 9.17) is 21.7 Å². The average Bonchev–Trinajstić information content (AvgIpc) is 3.06. The van der Waals surface area contributed by atoms with E-state index in [0.717, 1.165) is 24.5 Å². The molecular formula is C18H24N4O4S. The van der Waals surface area contributed by atoms with Crippen molar-refractivity contribution in [1.29, 1.82) is 0 Å². The number of carbonyl (C=O) groups is 2. The van der Waals surface area contributed by atoms with E-state index >= 15 is 0 Å². The largest absolute Gasteiger partial charge is 0.453 e. The minimum absolute atomic E-state index is 0.221. The van der Waals surface area contributed by atoms with Crippen LogP contribution in [0.5, 0.6) is 0 Å². The normalized spacial score (nSPS) is 19.7. The number of piperazine rings is 1. The molecule has 2 aliphatic heterocycles. The molecule has 2 saturated heterocycles. The fourth-order valence-corrected chi connectivity index (χ4v) is 3.30. The number of benzene rings is 1. The van der Waals surface area contributed by atoms with Crippen LogP contribution in [0.25, 0.3) is 0 Å². The van der Waals surface area contributed by atoms with Crippen LogP contribution in [0.15, 0.2) is 24.3 Å². The summed E-state index contributed by atoms with van der Waals surface area (Å²) in [6, 6.07) is 7.82. The van der Waals surface area contributed by atoms with Gasteiger partial charge in [-0.3, -0.25) is 4.90 Å². The summed E-state index contributed by atoms with van der Waals surface area (Å²) >= 11 is 4.99. The van der Waals surface area contributed by atoms with Crippen molar-refractivity contribution in [1.82, 2.24) is 10.2 Å². The quantitative estimate of drug-likeness (QED) is 0.784. The summed E-state index contributed by atoms with van der Waals surface area (Å²) in [5.41, 5.74) is 1.86. The van der Waals surface area contributed by atoms with Gasteiger partial charge in [-0.2, -0.15) is 0 Å². The first-order valence-corrected chi connectivity index (χ1v) is 9.29. The zero-order valence-electron chi connectivity index (χ0n) is 15.5. The number of amides is 2. The summed E-state index contributed by atoms with van der Waals surface area (Å²) in [5.74, 6) is 0. The molecule has 3 rings (SSSR count). The number of anilines is 2. The number of rotatable bonds is 4. The van der Waals surface area contributed by atoms with E-state index in [1.54, 1.807) is 16.7 Å². The molecule has 0 saturated carbocycles. The van der Waals surface area contributed by atoms with Gasteiger partial charge in [-0.15, -0.1) is 0 Å². The van der Waals surface area contributed by atoms with Crippen LogP contribution < -0.4 is 15.1 Å². The van der Waals surface area contributed by atoms with Gasteiger partial charge in [-0.05, 0) is 31.2 Å². The first kappa shape index (κ1) is 19.2. The Balaban J connectivity index is 1.57. The van der Waals surface area contributed by atoms with Crippen molar-refractivity contribution >= 4 is 40.8 Å². The van der Waals surface area contributed by atoms with Crippen molar-refractivity contribution in [3.05, 3.63) is 24.3 Å². The molecule has 2 fully saturated rings. The molecule has 0 aliphatic carbocycles. The SMILES string of the molecule is COC(=O)N1CCN(c2ccc(N3CC(CNC(C)=S)OC3=O)cc2)CC1. The summed E-state index contributed by atoms with van der Waals surface area (Å²) in [7, 11) is 1.40. The lowest BCUT2D eigenvalue weighted by molar-refractivity contribution is 0.121. The number of nitrogens with zero attached hydrogens (tertiary/aromatic N) is 3. The van der Waals surface area contributed by atoms with Crippen molar-refractivity contribution in [3.63, 3.8) is 0 Å². The molecule has 8 nitrogen and oxygen atoms in total. The zero-order valence-corrected chi connectivity index (χ0v) is 16.3. The molecule has 0 spiro atoms. The molecule has 2 aliphatic rings. The van der Waals surface area contributed by atoms with Gasteiger partial charge in [0.15, 0.2) is 0 Å².